The molecule has 0 bridgehead atoms. The molecule has 26 heavy (non-hydrogen) atoms. The van der Waals surface area contributed by atoms with E-state index in [1.807, 2.05) is 43.3 Å². The molecule has 1 N–H and O–H groups in total. The van der Waals surface area contributed by atoms with Crippen LogP contribution in [0.3, 0.4) is 0 Å². The molecule has 1 aromatic carbocycles. The van der Waals surface area contributed by atoms with Gasteiger partial charge in [0.15, 0.2) is 0 Å². The molecule has 0 aromatic heterocycles. The molecule has 2 aliphatic rings. The zero-order chi connectivity index (χ0) is 18.7. The van der Waals surface area contributed by atoms with Crippen LogP contribution < -0.4 is 5.32 Å². The second-order valence-electron chi connectivity index (χ2n) is 7.62. The van der Waals surface area contributed by atoms with Crippen LogP contribution in [0.25, 0.3) is 0 Å². The highest BCUT2D eigenvalue weighted by molar-refractivity contribution is 6.31. The highest BCUT2D eigenvalue weighted by atomic mass is 35.5. The summed E-state index contributed by atoms with van der Waals surface area (Å²) >= 11 is 6.33. The molecule has 6 heteroatoms. The second-order valence-corrected chi connectivity index (χ2v) is 8.03. The van der Waals surface area contributed by atoms with Crippen LogP contribution in [0.15, 0.2) is 24.3 Å². The number of likely N-dealkylation sites (N-methyl/N-ethyl adjacent to an activating group) is 1. The molecule has 142 valence electrons. The summed E-state index contributed by atoms with van der Waals surface area (Å²) in [7, 11) is 3.98. The third-order valence-corrected chi connectivity index (χ3v) is 5.81. The molecule has 1 atom stereocenters. The highest BCUT2D eigenvalue weighted by Gasteiger charge is 2.36. The lowest BCUT2D eigenvalue weighted by Crippen LogP contribution is -2.44. The Kier molecular flexibility index (Phi) is 6.20. The lowest BCUT2D eigenvalue weighted by molar-refractivity contribution is -0.136. The summed E-state index contributed by atoms with van der Waals surface area (Å²) in [5, 5.41) is 3.81. The number of benzene rings is 1. The number of likely N-dealkylation sites (tertiary alicyclic amines) is 1. The molecule has 0 radical (unpaired) electrons. The van der Waals surface area contributed by atoms with E-state index in [0.717, 1.165) is 31.2 Å². The number of halogens is 1. The zero-order valence-electron chi connectivity index (χ0n) is 15.6. The molecule has 3 rings (SSSR count). The van der Waals surface area contributed by atoms with E-state index in [1.165, 1.54) is 0 Å². The Labute approximate surface area is 160 Å². The number of amides is 2. The average Bonchev–Trinajstić information content (AvgIpc) is 3.47. The van der Waals surface area contributed by atoms with Crippen molar-refractivity contribution < 1.29 is 9.59 Å². The van der Waals surface area contributed by atoms with E-state index in [4.69, 9.17) is 11.6 Å². The van der Waals surface area contributed by atoms with Crippen molar-refractivity contribution in [3.63, 3.8) is 0 Å². The zero-order valence-corrected chi connectivity index (χ0v) is 16.3. The lowest BCUT2D eigenvalue weighted by atomic mass is 9.95. The summed E-state index contributed by atoms with van der Waals surface area (Å²) in [4.78, 5) is 28.7. The van der Waals surface area contributed by atoms with Gasteiger partial charge in [-0.25, -0.2) is 0 Å². The number of piperidine rings is 1. The van der Waals surface area contributed by atoms with Gasteiger partial charge in [0, 0.05) is 36.5 Å². The van der Waals surface area contributed by atoms with Crippen molar-refractivity contribution in [3.8, 4) is 0 Å². The number of nitrogens with zero attached hydrogens (tertiary/aromatic N) is 2. The monoisotopic (exact) mass is 377 g/mol. The second kappa shape index (κ2) is 8.40. The first-order valence-electron chi connectivity index (χ1n) is 9.44. The SMILES string of the molecule is CN(C)[C@H](CNC(=O)C1CCN(C(=O)C2CC2)CC1)c1ccccc1Cl. The summed E-state index contributed by atoms with van der Waals surface area (Å²) in [6, 6.07) is 7.78. The Hall–Kier alpha value is -1.59. The van der Waals surface area contributed by atoms with Crippen molar-refractivity contribution in [3.05, 3.63) is 34.9 Å². The highest BCUT2D eigenvalue weighted by Crippen LogP contribution is 2.32. The van der Waals surface area contributed by atoms with Crippen LogP contribution in [0.1, 0.15) is 37.3 Å². The van der Waals surface area contributed by atoms with Gasteiger partial charge < -0.3 is 15.1 Å². The first-order valence-corrected chi connectivity index (χ1v) is 9.82. The van der Waals surface area contributed by atoms with Crippen LogP contribution in [0.5, 0.6) is 0 Å². The van der Waals surface area contributed by atoms with Gasteiger partial charge in [-0.3, -0.25) is 9.59 Å². The summed E-state index contributed by atoms with van der Waals surface area (Å²) < 4.78 is 0. The minimum atomic E-state index is -0.00712. The van der Waals surface area contributed by atoms with Crippen molar-refractivity contribution in [2.24, 2.45) is 11.8 Å². The number of carbonyl (C=O) groups is 2. The number of carbonyl (C=O) groups excluding carboxylic acids is 2. The molecule has 2 amide bonds. The summed E-state index contributed by atoms with van der Waals surface area (Å²) in [6.45, 7) is 1.93. The molecule has 1 aliphatic carbocycles. The first-order chi connectivity index (χ1) is 12.5. The minimum absolute atomic E-state index is 0.00712. The van der Waals surface area contributed by atoms with Crippen LogP contribution in [0.2, 0.25) is 5.02 Å². The maximum atomic E-state index is 12.6. The normalized spacial score (nSPS) is 19.5. The summed E-state index contributed by atoms with van der Waals surface area (Å²) in [5.41, 5.74) is 1.02. The van der Waals surface area contributed by atoms with Gasteiger partial charge in [-0.05, 0) is 51.4 Å². The van der Waals surface area contributed by atoms with Gasteiger partial charge in [0.2, 0.25) is 11.8 Å². The fourth-order valence-electron chi connectivity index (χ4n) is 3.61. The Morgan fingerprint density at radius 3 is 2.38 bits per heavy atom. The number of nitrogens with one attached hydrogen (secondary N) is 1. The fraction of sp³-hybridized carbons (Fsp3) is 0.600. The molecule has 1 aromatic rings. The molecular formula is C20H28ClN3O2. The van der Waals surface area contributed by atoms with E-state index in [2.05, 4.69) is 10.2 Å². The molecular weight excluding hydrogens is 350 g/mol. The van der Waals surface area contributed by atoms with E-state index in [9.17, 15) is 9.59 Å². The predicted molar refractivity (Wildman–Crippen MR) is 103 cm³/mol. The largest absolute Gasteiger partial charge is 0.354 e. The van der Waals surface area contributed by atoms with Gasteiger partial charge in [-0.15, -0.1) is 0 Å². The molecule has 1 saturated heterocycles. The quantitative estimate of drug-likeness (QED) is 0.829. The third-order valence-electron chi connectivity index (χ3n) is 5.46. The summed E-state index contributed by atoms with van der Waals surface area (Å²) in [6.07, 6.45) is 3.58. The fourth-order valence-corrected chi connectivity index (χ4v) is 3.87. The van der Waals surface area contributed by atoms with Gasteiger partial charge in [0.1, 0.15) is 0 Å². The summed E-state index contributed by atoms with van der Waals surface area (Å²) in [5.74, 6) is 0.627. The lowest BCUT2D eigenvalue weighted by Gasteiger charge is -2.32. The van der Waals surface area contributed by atoms with Crippen molar-refractivity contribution in [1.29, 1.82) is 0 Å². The average molecular weight is 378 g/mol. The minimum Gasteiger partial charge on any atom is -0.354 e. The van der Waals surface area contributed by atoms with Crippen LogP contribution in [0.4, 0.5) is 0 Å². The van der Waals surface area contributed by atoms with Crippen LogP contribution in [0, 0.1) is 11.8 Å². The smallest absolute Gasteiger partial charge is 0.225 e. The standard InChI is InChI=1S/C20H28ClN3O2/c1-23(2)18(16-5-3-4-6-17(16)21)13-22-19(25)14-9-11-24(12-10-14)20(26)15-7-8-15/h3-6,14-15,18H,7-13H2,1-2H3,(H,22,25)/t18-/m1/s1. The Bertz CT molecular complexity index is 652. The maximum Gasteiger partial charge on any atom is 0.225 e. The molecule has 0 unspecified atom stereocenters. The van der Waals surface area contributed by atoms with Crippen molar-refractivity contribution in [1.82, 2.24) is 15.1 Å². The van der Waals surface area contributed by atoms with Gasteiger partial charge in [0.25, 0.3) is 0 Å². The molecule has 0 spiro atoms. The third kappa shape index (κ3) is 4.57. The van der Waals surface area contributed by atoms with Gasteiger partial charge >= 0.3 is 0 Å². The molecule has 5 nitrogen and oxygen atoms in total. The number of hydrogen-bond acceptors (Lipinski definition) is 3. The topological polar surface area (TPSA) is 52.7 Å². The van der Waals surface area contributed by atoms with Gasteiger partial charge in [-0.2, -0.15) is 0 Å². The molecule has 1 saturated carbocycles. The molecule has 2 fully saturated rings. The molecule has 1 heterocycles. The van der Waals surface area contributed by atoms with Crippen LogP contribution >= 0.6 is 11.6 Å². The van der Waals surface area contributed by atoms with E-state index in [-0.39, 0.29) is 29.7 Å². The Balaban J connectivity index is 1.51. The van der Waals surface area contributed by atoms with E-state index in [0.29, 0.717) is 24.7 Å². The van der Waals surface area contributed by atoms with Gasteiger partial charge in [-0.1, -0.05) is 29.8 Å². The predicted octanol–water partition coefficient (Wildman–Crippen LogP) is 2.71. The van der Waals surface area contributed by atoms with E-state index in [1.54, 1.807) is 0 Å². The Morgan fingerprint density at radius 1 is 1.15 bits per heavy atom. The number of hydrogen-bond donors (Lipinski definition) is 1. The van der Waals surface area contributed by atoms with Crippen LogP contribution in [-0.4, -0.2) is 55.3 Å². The molecule has 1 aliphatic heterocycles. The Morgan fingerprint density at radius 2 is 1.81 bits per heavy atom. The van der Waals surface area contributed by atoms with Crippen LogP contribution in [-0.2, 0) is 9.59 Å². The number of rotatable bonds is 6. The van der Waals surface area contributed by atoms with E-state index < -0.39 is 0 Å². The van der Waals surface area contributed by atoms with E-state index >= 15 is 0 Å². The maximum absolute atomic E-state index is 12.6. The van der Waals surface area contributed by atoms with Gasteiger partial charge in [0.05, 0.1) is 6.04 Å². The van der Waals surface area contributed by atoms with Crippen molar-refractivity contribution in [2.45, 2.75) is 31.7 Å². The first kappa shape index (κ1) is 19.2. The van der Waals surface area contributed by atoms with Crippen molar-refractivity contribution in [2.75, 3.05) is 33.7 Å². The van der Waals surface area contributed by atoms with Crippen molar-refractivity contribution >= 4 is 23.4 Å².